The fourth-order valence-electron chi connectivity index (χ4n) is 2.08. The smallest absolute Gasteiger partial charge is 0.0987 e. The highest BCUT2D eigenvalue weighted by molar-refractivity contribution is 7.98. The summed E-state index contributed by atoms with van der Waals surface area (Å²) in [6, 6.07) is 7.99. The summed E-state index contributed by atoms with van der Waals surface area (Å²) in [4.78, 5) is 0. The zero-order chi connectivity index (χ0) is 14.5. The van der Waals surface area contributed by atoms with E-state index in [0.717, 1.165) is 35.1 Å². The maximum absolute atomic E-state index is 6.21. The van der Waals surface area contributed by atoms with Crippen LogP contribution in [0.25, 0.3) is 0 Å². The molecule has 0 atom stereocenters. The lowest BCUT2D eigenvalue weighted by Gasteiger charge is -2.08. The minimum absolute atomic E-state index is 0.826. The summed E-state index contributed by atoms with van der Waals surface area (Å²) in [7, 11) is 2.00. The van der Waals surface area contributed by atoms with Gasteiger partial charge >= 0.3 is 0 Å². The van der Waals surface area contributed by atoms with E-state index in [9.17, 15) is 0 Å². The zero-order valence-corrected chi connectivity index (χ0v) is 13.7. The van der Waals surface area contributed by atoms with Crippen LogP contribution >= 0.6 is 23.4 Å². The van der Waals surface area contributed by atoms with Crippen molar-refractivity contribution in [3.63, 3.8) is 0 Å². The number of halogens is 1. The minimum Gasteiger partial charge on any atom is -0.313 e. The van der Waals surface area contributed by atoms with Crippen LogP contribution in [-0.4, -0.2) is 16.3 Å². The van der Waals surface area contributed by atoms with E-state index in [1.807, 2.05) is 29.9 Å². The summed E-state index contributed by atoms with van der Waals surface area (Å²) in [5.74, 6) is 0.859. The van der Waals surface area contributed by atoms with Crippen molar-refractivity contribution in [1.29, 1.82) is 0 Å². The molecular formula is C15H20ClN3S. The van der Waals surface area contributed by atoms with Gasteiger partial charge in [0.05, 0.1) is 10.7 Å². The van der Waals surface area contributed by atoms with Gasteiger partial charge in [-0.3, -0.25) is 4.68 Å². The minimum atomic E-state index is 0.826. The Kier molecular flexibility index (Phi) is 5.52. The Hall–Kier alpha value is -0.970. The summed E-state index contributed by atoms with van der Waals surface area (Å²) in [6.45, 7) is 6.00. The molecule has 20 heavy (non-hydrogen) atoms. The van der Waals surface area contributed by atoms with Crippen LogP contribution in [0.3, 0.4) is 0 Å². The second-order valence-corrected chi connectivity index (χ2v) is 6.02. The highest BCUT2D eigenvalue weighted by atomic mass is 35.5. The third-order valence-electron chi connectivity index (χ3n) is 3.16. The molecule has 0 aliphatic heterocycles. The standard InChI is InChI=1S/C15H20ClN3S/c1-4-17-9-13-11(2)18-19(3)15(13)20-10-12-7-5-6-8-14(12)16/h5-8,17H,4,9-10H2,1-3H3. The van der Waals surface area contributed by atoms with Gasteiger partial charge in [-0.15, -0.1) is 11.8 Å². The van der Waals surface area contributed by atoms with Gasteiger partial charge in [0.2, 0.25) is 0 Å². The Morgan fingerprint density at radius 2 is 2.10 bits per heavy atom. The highest BCUT2D eigenvalue weighted by Gasteiger charge is 2.13. The van der Waals surface area contributed by atoms with Gasteiger partial charge in [0, 0.05) is 29.9 Å². The van der Waals surface area contributed by atoms with Gasteiger partial charge in [0.25, 0.3) is 0 Å². The van der Waals surface area contributed by atoms with E-state index in [0.29, 0.717) is 0 Å². The number of hydrogen-bond acceptors (Lipinski definition) is 3. The second kappa shape index (κ2) is 7.16. The van der Waals surface area contributed by atoms with E-state index in [1.165, 1.54) is 10.6 Å². The van der Waals surface area contributed by atoms with Gasteiger partial charge in [-0.1, -0.05) is 36.7 Å². The van der Waals surface area contributed by atoms with E-state index >= 15 is 0 Å². The zero-order valence-electron chi connectivity index (χ0n) is 12.1. The highest BCUT2D eigenvalue weighted by Crippen LogP contribution is 2.30. The number of nitrogens with one attached hydrogen (secondary N) is 1. The van der Waals surface area contributed by atoms with Gasteiger partial charge in [0.1, 0.15) is 0 Å². The summed E-state index contributed by atoms with van der Waals surface area (Å²) < 4.78 is 1.96. The van der Waals surface area contributed by atoms with Crippen LogP contribution in [-0.2, 0) is 19.3 Å². The molecule has 5 heteroatoms. The van der Waals surface area contributed by atoms with Crippen molar-refractivity contribution in [3.05, 3.63) is 46.1 Å². The van der Waals surface area contributed by atoms with Gasteiger partial charge in [-0.25, -0.2) is 0 Å². The van der Waals surface area contributed by atoms with Crippen molar-refractivity contribution in [2.75, 3.05) is 6.54 Å². The van der Waals surface area contributed by atoms with Gasteiger partial charge < -0.3 is 5.32 Å². The topological polar surface area (TPSA) is 29.9 Å². The van der Waals surface area contributed by atoms with Crippen molar-refractivity contribution in [2.45, 2.75) is 31.2 Å². The quantitative estimate of drug-likeness (QED) is 0.824. The number of aryl methyl sites for hydroxylation is 2. The van der Waals surface area contributed by atoms with Crippen molar-refractivity contribution in [3.8, 4) is 0 Å². The summed E-state index contributed by atoms with van der Waals surface area (Å²) in [5.41, 5.74) is 3.54. The monoisotopic (exact) mass is 309 g/mol. The first-order valence-corrected chi connectivity index (χ1v) is 8.09. The van der Waals surface area contributed by atoms with Crippen molar-refractivity contribution >= 4 is 23.4 Å². The molecule has 1 aromatic heterocycles. The maximum Gasteiger partial charge on any atom is 0.0987 e. The Balaban J connectivity index is 2.14. The van der Waals surface area contributed by atoms with Gasteiger partial charge in [0.15, 0.2) is 0 Å². The summed E-state index contributed by atoms with van der Waals surface area (Å²) in [6.07, 6.45) is 0. The van der Waals surface area contributed by atoms with Gasteiger partial charge in [-0.05, 0) is 25.1 Å². The largest absolute Gasteiger partial charge is 0.313 e. The lowest BCUT2D eigenvalue weighted by Crippen LogP contribution is -2.12. The first-order valence-electron chi connectivity index (χ1n) is 6.72. The third kappa shape index (κ3) is 3.57. The van der Waals surface area contributed by atoms with E-state index in [-0.39, 0.29) is 0 Å². The number of aromatic nitrogens is 2. The predicted molar refractivity (Wildman–Crippen MR) is 86.3 cm³/mol. The maximum atomic E-state index is 6.21. The SMILES string of the molecule is CCNCc1c(C)nn(C)c1SCc1ccccc1Cl. The van der Waals surface area contributed by atoms with Crippen LogP contribution < -0.4 is 5.32 Å². The normalized spacial score (nSPS) is 11.0. The molecule has 3 nitrogen and oxygen atoms in total. The van der Waals surface area contributed by atoms with Gasteiger partial charge in [-0.2, -0.15) is 5.10 Å². The number of hydrogen-bond donors (Lipinski definition) is 1. The molecule has 0 unspecified atom stereocenters. The molecule has 0 radical (unpaired) electrons. The molecule has 0 saturated heterocycles. The Labute approximate surface area is 129 Å². The van der Waals surface area contributed by atoms with E-state index in [4.69, 9.17) is 11.6 Å². The van der Waals surface area contributed by atoms with Crippen LogP contribution in [0.4, 0.5) is 0 Å². The number of nitrogens with zero attached hydrogens (tertiary/aromatic N) is 2. The Morgan fingerprint density at radius 1 is 1.35 bits per heavy atom. The number of rotatable bonds is 6. The average molecular weight is 310 g/mol. The second-order valence-electron chi connectivity index (χ2n) is 4.65. The molecule has 0 aliphatic rings. The fourth-order valence-corrected chi connectivity index (χ4v) is 3.52. The van der Waals surface area contributed by atoms with Crippen LogP contribution in [0, 0.1) is 6.92 Å². The van der Waals surface area contributed by atoms with E-state index in [1.54, 1.807) is 11.8 Å². The lowest BCUT2D eigenvalue weighted by molar-refractivity contribution is 0.674. The Morgan fingerprint density at radius 3 is 2.80 bits per heavy atom. The van der Waals surface area contributed by atoms with Crippen LogP contribution in [0.5, 0.6) is 0 Å². The van der Waals surface area contributed by atoms with E-state index in [2.05, 4.69) is 30.3 Å². The molecule has 2 rings (SSSR count). The van der Waals surface area contributed by atoms with Crippen molar-refractivity contribution in [2.24, 2.45) is 7.05 Å². The fraction of sp³-hybridized carbons (Fsp3) is 0.400. The molecule has 0 saturated carbocycles. The molecule has 108 valence electrons. The summed E-state index contributed by atoms with van der Waals surface area (Å²) >= 11 is 8.00. The molecule has 0 aliphatic carbocycles. The molecular weight excluding hydrogens is 290 g/mol. The van der Waals surface area contributed by atoms with E-state index < -0.39 is 0 Å². The van der Waals surface area contributed by atoms with Crippen molar-refractivity contribution in [1.82, 2.24) is 15.1 Å². The average Bonchev–Trinajstić information content (AvgIpc) is 2.69. The number of benzene rings is 1. The van der Waals surface area contributed by atoms with Crippen molar-refractivity contribution < 1.29 is 0 Å². The Bertz CT molecular complexity index is 580. The molecule has 1 aromatic carbocycles. The molecule has 0 bridgehead atoms. The molecule has 0 spiro atoms. The summed E-state index contributed by atoms with van der Waals surface area (Å²) in [5, 5.41) is 9.93. The van der Waals surface area contributed by atoms with Crippen LogP contribution in [0.15, 0.2) is 29.3 Å². The first kappa shape index (κ1) is 15.4. The molecule has 2 aromatic rings. The predicted octanol–water partition coefficient (Wildman–Crippen LogP) is 3.78. The molecule has 1 heterocycles. The van der Waals surface area contributed by atoms with Crippen LogP contribution in [0.2, 0.25) is 5.02 Å². The number of thioether (sulfide) groups is 1. The molecule has 0 fully saturated rings. The lowest BCUT2D eigenvalue weighted by atomic mass is 10.2. The third-order valence-corrected chi connectivity index (χ3v) is 4.77. The molecule has 1 N–H and O–H groups in total. The van der Waals surface area contributed by atoms with Crippen LogP contribution in [0.1, 0.15) is 23.7 Å². The first-order chi connectivity index (χ1) is 9.63. The molecule has 0 amide bonds.